The average molecular weight is 461 g/mol. The Labute approximate surface area is 197 Å². The largest absolute Gasteiger partial charge is 0.461 e. The molecule has 0 fully saturated rings. The molecule has 7 heteroatoms. The molecular formula is C26H28N4O2S. The molecule has 2 heterocycles. The van der Waals surface area contributed by atoms with E-state index < -0.39 is 5.97 Å². The predicted molar refractivity (Wildman–Crippen MR) is 132 cm³/mol. The minimum Gasteiger partial charge on any atom is -0.461 e. The zero-order chi connectivity index (χ0) is 23.2. The normalized spacial score (nSPS) is 11.7. The number of hydrogen-bond donors (Lipinski definition) is 0. The third-order valence-corrected chi connectivity index (χ3v) is 6.14. The molecule has 0 saturated carbocycles. The van der Waals surface area contributed by atoms with Crippen LogP contribution in [0, 0.1) is 6.92 Å². The van der Waals surface area contributed by atoms with Gasteiger partial charge in [0, 0.05) is 17.6 Å². The number of carbonyl (C=O) groups excluding carboxylic acids is 1. The van der Waals surface area contributed by atoms with E-state index in [1.54, 1.807) is 13.3 Å². The minimum absolute atomic E-state index is 0.303. The van der Waals surface area contributed by atoms with Gasteiger partial charge < -0.3 is 9.30 Å². The van der Waals surface area contributed by atoms with Crippen molar-refractivity contribution in [2.75, 3.05) is 6.61 Å². The van der Waals surface area contributed by atoms with Gasteiger partial charge in [0.15, 0.2) is 16.3 Å². The van der Waals surface area contributed by atoms with Crippen LogP contribution in [0.2, 0.25) is 0 Å². The maximum atomic E-state index is 12.8. The first-order valence-electron chi connectivity index (χ1n) is 11.2. The molecule has 0 aliphatic heterocycles. The highest BCUT2D eigenvalue weighted by atomic mass is 32.1. The number of rotatable bonds is 8. The Morgan fingerprint density at radius 3 is 2.55 bits per heavy atom. The van der Waals surface area contributed by atoms with E-state index in [9.17, 15) is 4.79 Å². The van der Waals surface area contributed by atoms with Crippen LogP contribution >= 0.6 is 11.3 Å². The number of aromatic nitrogens is 3. The van der Waals surface area contributed by atoms with Crippen molar-refractivity contribution in [1.29, 1.82) is 0 Å². The smallest absolute Gasteiger partial charge is 0.358 e. The number of hydrogen-bond acceptors (Lipinski definition) is 5. The lowest BCUT2D eigenvalue weighted by Gasteiger charge is -2.10. The van der Waals surface area contributed by atoms with E-state index in [4.69, 9.17) is 9.73 Å². The fourth-order valence-electron chi connectivity index (χ4n) is 3.59. The van der Waals surface area contributed by atoms with Crippen LogP contribution in [0.25, 0.3) is 16.9 Å². The van der Waals surface area contributed by atoms with Crippen molar-refractivity contribution in [3.63, 3.8) is 0 Å². The molecule has 0 bridgehead atoms. The van der Waals surface area contributed by atoms with E-state index in [-0.39, 0.29) is 0 Å². The number of carbonyl (C=O) groups is 1. The Balaban J connectivity index is 1.89. The number of imidazole rings is 1. The SMILES string of the molecule is CCCCn1cnc(N=c2scc(-c3ccc(C)cc3)n2-c2ccccc2)c1C(=O)OCC. The zero-order valence-electron chi connectivity index (χ0n) is 19.2. The molecule has 6 nitrogen and oxygen atoms in total. The summed E-state index contributed by atoms with van der Waals surface area (Å²) in [7, 11) is 0. The fraction of sp³-hybridized carbons (Fsp3) is 0.269. The van der Waals surface area contributed by atoms with Crippen LogP contribution in [0.1, 0.15) is 42.7 Å². The summed E-state index contributed by atoms with van der Waals surface area (Å²) in [6, 6.07) is 18.5. The number of esters is 1. The zero-order valence-corrected chi connectivity index (χ0v) is 20.0. The Morgan fingerprint density at radius 1 is 1.09 bits per heavy atom. The van der Waals surface area contributed by atoms with E-state index in [1.165, 1.54) is 16.9 Å². The molecule has 2 aromatic carbocycles. The van der Waals surface area contributed by atoms with Gasteiger partial charge in [0.25, 0.3) is 0 Å². The molecule has 0 amide bonds. The Hall–Kier alpha value is -3.45. The van der Waals surface area contributed by atoms with Crippen LogP contribution in [0.15, 0.2) is 71.3 Å². The highest BCUT2D eigenvalue weighted by molar-refractivity contribution is 7.07. The second-order valence-corrected chi connectivity index (χ2v) is 8.57. The standard InChI is InChI=1S/C26H28N4O2S/c1-4-6-16-29-18-27-24(23(29)25(31)32-5-2)28-26-30(21-10-8-7-9-11-21)22(17-33-26)20-14-12-19(3)13-15-20/h7-15,17-18H,4-6,16H2,1-3H3. The average Bonchev–Trinajstić information content (AvgIpc) is 3.43. The molecule has 0 N–H and O–H groups in total. The highest BCUT2D eigenvalue weighted by Crippen LogP contribution is 2.25. The van der Waals surface area contributed by atoms with Crippen molar-refractivity contribution >= 4 is 23.1 Å². The van der Waals surface area contributed by atoms with Gasteiger partial charge in [-0.05, 0) is 38.0 Å². The summed E-state index contributed by atoms with van der Waals surface area (Å²) in [6.45, 7) is 7.00. The van der Waals surface area contributed by atoms with Crippen molar-refractivity contribution in [2.24, 2.45) is 4.99 Å². The highest BCUT2D eigenvalue weighted by Gasteiger charge is 2.20. The molecule has 4 rings (SSSR count). The molecule has 0 unspecified atom stereocenters. The third kappa shape index (κ3) is 4.98. The molecule has 0 aliphatic carbocycles. The quantitative estimate of drug-likeness (QED) is 0.307. The van der Waals surface area contributed by atoms with E-state index >= 15 is 0 Å². The summed E-state index contributed by atoms with van der Waals surface area (Å²) >= 11 is 1.52. The molecule has 33 heavy (non-hydrogen) atoms. The summed E-state index contributed by atoms with van der Waals surface area (Å²) in [5.74, 6) is -0.0158. The van der Waals surface area contributed by atoms with Crippen LogP contribution in [-0.4, -0.2) is 26.7 Å². The van der Waals surface area contributed by atoms with Gasteiger partial charge in [0.2, 0.25) is 0 Å². The van der Waals surface area contributed by atoms with Gasteiger partial charge in [-0.1, -0.05) is 61.4 Å². The van der Waals surface area contributed by atoms with Crippen molar-refractivity contribution in [1.82, 2.24) is 14.1 Å². The van der Waals surface area contributed by atoms with Crippen LogP contribution in [0.4, 0.5) is 5.82 Å². The maximum absolute atomic E-state index is 12.8. The lowest BCUT2D eigenvalue weighted by molar-refractivity contribution is 0.0514. The number of unbranched alkanes of at least 4 members (excludes halogenated alkanes) is 1. The number of nitrogens with zero attached hydrogens (tertiary/aromatic N) is 4. The molecule has 0 radical (unpaired) electrons. The van der Waals surface area contributed by atoms with Gasteiger partial charge in [0.1, 0.15) is 0 Å². The first kappa shape index (κ1) is 22.7. The maximum Gasteiger partial charge on any atom is 0.358 e. The first-order valence-corrected chi connectivity index (χ1v) is 12.1. The Bertz CT molecular complexity index is 1280. The van der Waals surface area contributed by atoms with Crippen molar-refractivity contribution in [3.05, 3.63) is 82.4 Å². The van der Waals surface area contributed by atoms with Gasteiger partial charge in [-0.2, -0.15) is 4.99 Å². The van der Waals surface area contributed by atoms with Crippen LogP contribution in [-0.2, 0) is 11.3 Å². The van der Waals surface area contributed by atoms with Crippen LogP contribution in [0.3, 0.4) is 0 Å². The van der Waals surface area contributed by atoms with E-state index in [0.29, 0.717) is 24.7 Å². The molecular weight excluding hydrogens is 432 g/mol. The van der Waals surface area contributed by atoms with E-state index in [0.717, 1.165) is 34.6 Å². The lowest BCUT2D eigenvalue weighted by Crippen LogP contribution is -2.15. The van der Waals surface area contributed by atoms with E-state index in [1.807, 2.05) is 22.8 Å². The summed E-state index contributed by atoms with van der Waals surface area (Å²) in [6.07, 6.45) is 3.65. The van der Waals surface area contributed by atoms with Crippen molar-refractivity contribution in [3.8, 4) is 16.9 Å². The first-order chi connectivity index (χ1) is 16.1. The van der Waals surface area contributed by atoms with Crippen molar-refractivity contribution in [2.45, 2.75) is 40.2 Å². The lowest BCUT2D eigenvalue weighted by atomic mass is 10.1. The van der Waals surface area contributed by atoms with Gasteiger partial charge in [-0.25, -0.2) is 9.78 Å². The molecule has 0 saturated heterocycles. The minimum atomic E-state index is -0.397. The van der Waals surface area contributed by atoms with Gasteiger partial charge in [-0.3, -0.25) is 4.57 Å². The topological polar surface area (TPSA) is 61.4 Å². The summed E-state index contributed by atoms with van der Waals surface area (Å²) in [5.41, 5.74) is 4.74. The summed E-state index contributed by atoms with van der Waals surface area (Å²) < 4.78 is 9.28. The summed E-state index contributed by atoms with van der Waals surface area (Å²) in [5, 5.41) is 2.09. The third-order valence-electron chi connectivity index (χ3n) is 5.31. The van der Waals surface area contributed by atoms with E-state index in [2.05, 4.69) is 65.2 Å². The molecule has 2 aromatic heterocycles. The molecule has 0 aliphatic rings. The fourth-order valence-corrected chi connectivity index (χ4v) is 4.50. The second-order valence-electron chi connectivity index (χ2n) is 7.74. The van der Waals surface area contributed by atoms with Crippen LogP contribution < -0.4 is 4.80 Å². The molecule has 0 atom stereocenters. The Morgan fingerprint density at radius 2 is 1.85 bits per heavy atom. The predicted octanol–water partition coefficient (Wildman–Crippen LogP) is 5.92. The van der Waals surface area contributed by atoms with Crippen LogP contribution in [0.5, 0.6) is 0 Å². The number of aryl methyl sites for hydroxylation is 2. The molecule has 0 spiro atoms. The second kappa shape index (κ2) is 10.4. The van der Waals surface area contributed by atoms with Crippen molar-refractivity contribution < 1.29 is 9.53 Å². The molecule has 170 valence electrons. The molecule has 4 aromatic rings. The van der Waals surface area contributed by atoms with Gasteiger partial charge in [-0.15, -0.1) is 11.3 Å². The monoisotopic (exact) mass is 460 g/mol. The Kier molecular flexibility index (Phi) is 7.19. The number of para-hydroxylation sites is 1. The van der Waals surface area contributed by atoms with Gasteiger partial charge >= 0.3 is 5.97 Å². The summed E-state index contributed by atoms with van der Waals surface area (Å²) in [4.78, 5) is 22.9. The van der Waals surface area contributed by atoms with Gasteiger partial charge in [0.05, 0.1) is 18.6 Å². The number of ether oxygens (including phenoxy) is 1. The number of thiazole rings is 1. The number of benzene rings is 2.